The van der Waals surface area contributed by atoms with Crippen LogP contribution in [-0.4, -0.2) is 70.1 Å². The van der Waals surface area contributed by atoms with Crippen LogP contribution in [-0.2, 0) is 4.74 Å². The summed E-state index contributed by atoms with van der Waals surface area (Å²) >= 11 is 6.49. The van der Waals surface area contributed by atoms with Crippen LogP contribution in [0.15, 0.2) is 24.5 Å². The fourth-order valence-electron chi connectivity index (χ4n) is 4.47. The number of nitrogens with zero attached hydrogens (tertiary/aromatic N) is 6. The number of fused-ring (bicyclic) bond motifs is 1. The predicted octanol–water partition coefficient (Wildman–Crippen LogP) is 3.39. The Morgan fingerprint density at radius 1 is 1.06 bits per heavy atom. The molecule has 4 heterocycles. The normalized spacial score (nSPS) is 20.3. The first-order chi connectivity index (χ1) is 15.2. The van der Waals surface area contributed by atoms with Crippen molar-refractivity contribution < 1.29 is 4.74 Å². The molecule has 6 rings (SSSR count). The lowest BCUT2D eigenvalue weighted by Crippen LogP contribution is -2.56. The van der Waals surface area contributed by atoms with E-state index >= 15 is 0 Å². The highest BCUT2D eigenvalue weighted by atomic mass is 35.5. The molecule has 31 heavy (non-hydrogen) atoms. The molecule has 0 unspecified atom stereocenters. The molecule has 1 saturated carbocycles. The molecule has 0 amide bonds. The molecular formula is C22H26ClN7O. The van der Waals surface area contributed by atoms with E-state index in [1.165, 1.54) is 11.3 Å². The van der Waals surface area contributed by atoms with Crippen LogP contribution < -0.4 is 10.2 Å². The van der Waals surface area contributed by atoms with Gasteiger partial charge in [-0.2, -0.15) is 5.10 Å². The smallest absolute Gasteiger partial charge is 0.227 e. The lowest BCUT2D eigenvalue weighted by molar-refractivity contribution is -0.0660. The standard InChI is InChI=1S/C22H26ClN7O/c1-14-8-15-10-24-22(27-19-11-25-30(21(19)23)16-2-3-16)26-18(15)9-20(14)29-6-4-28(5-7-29)17-12-31-13-17/h8-11,16-17H,2-7,12-13H2,1H3,(H,24,26,27). The molecule has 162 valence electrons. The van der Waals surface area contributed by atoms with Crippen LogP contribution in [0.1, 0.15) is 24.4 Å². The summed E-state index contributed by atoms with van der Waals surface area (Å²) < 4.78 is 7.23. The van der Waals surface area contributed by atoms with Crippen LogP contribution in [0.2, 0.25) is 5.15 Å². The number of halogens is 1. The second kappa shape index (κ2) is 7.62. The summed E-state index contributed by atoms with van der Waals surface area (Å²) in [5.41, 5.74) is 4.18. The molecule has 2 saturated heterocycles. The minimum absolute atomic E-state index is 0.434. The van der Waals surface area contributed by atoms with Crippen LogP contribution in [0, 0.1) is 6.92 Å². The molecule has 1 N–H and O–H groups in total. The molecule has 0 bridgehead atoms. The molecular weight excluding hydrogens is 414 g/mol. The number of anilines is 3. The summed E-state index contributed by atoms with van der Waals surface area (Å²) in [4.78, 5) is 14.3. The molecule has 1 aliphatic carbocycles. The Hall–Kier alpha value is -2.42. The van der Waals surface area contributed by atoms with Crippen LogP contribution in [0.25, 0.3) is 10.9 Å². The lowest BCUT2D eigenvalue weighted by atomic mass is 10.1. The molecule has 3 fully saturated rings. The van der Waals surface area contributed by atoms with Crippen molar-refractivity contribution in [3.63, 3.8) is 0 Å². The van der Waals surface area contributed by atoms with Gasteiger partial charge in [-0.05, 0) is 37.5 Å². The van der Waals surface area contributed by atoms with E-state index in [-0.39, 0.29) is 0 Å². The minimum atomic E-state index is 0.434. The Kier molecular flexibility index (Phi) is 4.74. The van der Waals surface area contributed by atoms with Crippen LogP contribution >= 0.6 is 11.6 Å². The number of benzene rings is 1. The van der Waals surface area contributed by atoms with E-state index in [1.807, 2.05) is 10.9 Å². The van der Waals surface area contributed by atoms with Crippen LogP contribution in [0.3, 0.4) is 0 Å². The van der Waals surface area contributed by atoms with Gasteiger partial charge in [0.15, 0.2) is 5.15 Å². The highest BCUT2D eigenvalue weighted by Gasteiger charge is 2.29. The molecule has 2 aliphatic heterocycles. The summed E-state index contributed by atoms with van der Waals surface area (Å²) in [7, 11) is 0. The van der Waals surface area contributed by atoms with E-state index in [0.717, 1.165) is 68.8 Å². The molecule has 0 radical (unpaired) electrons. The zero-order chi connectivity index (χ0) is 20.9. The van der Waals surface area contributed by atoms with Crippen molar-refractivity contribution in [1.82, 2.24) is 24.6 Å². The molecule has 8 nitrogen and oxygen atoms in total. The Bertz CT molecular complexity index is 1120. The van der Waals surface area contributed by atoms with E-state index in [9.17, 15) is 0 Å². The van der Waals surface area contributed by atoms with Crippen molar-refractivity contribution in [3.8, 4) is 0 Å². The maximum atomic E-state index is 6.49. The molecule has 9 heteroatoms. The van der Waals surface area contributed by atoms with E-state index in [2.05, 4.69) is 44.3 Å². The van der Waals surface area contributed by atoms with Crippen molar-refractivity contribution in [2.24, 2.45) is 0 Å². The van der Waals surface area contributed by atoms with Gasteiger partial charge >= 0.3 is 0 Å². The first-order valence-electron chi connectivity index (χ1n) is 11.0. The third-order valence-corrected chi connectivity index (χ3v) is 6.94. The van der Waals surface area contributed by atoms with Gasteiger partial charge in [0.2, 0.25) is 5.95 Å². The largest absolute Gasteiger partial charge is 0.378 e. The predicted molar refractivity (Wildman–Crippen MR) is 121 cm³/mol. The number of hydrogen-bond acceptors (Lipinski definition) is 7. The number of piperazine rings is 1. The van der Waals surface area contributed by atoms with Gasteiger partial charge in [-0.15, -0.1) is 0 Å². The second-order valence-electron chi connectivity index (χ2n) is 8.76. The number of rotatable bonds is 5. The summed E-state index contributed by atoms with van der Waals surface area (Å²) in [5.74, 6) is 0.536. The minimum Gasteiger partial charge on any atom is -0.378 e. The first-order valence-corrected chi connectivity index (χ1v) is 11.4. The number of aryl methyl sites for hydroxylation is 1. The van der Waals surface area contributed by atoms with Gasteiger partial charge in [-0.25, -0.2) is 14.6 Å². The molecule has 3 aliphatic rings. The highest BCUT2D eigenvalue weighted by Crippen LogP contribution is 2.39. The Balaban J connectivity index is 1.23. The van der Waals surface area contributed by atoms with Gasteiger partial charge in [0, 0.05) is 43.4 Å². The number of hydrogen-bond donors (Lipinski definition) is 1. The first kappa shape index (κ1) is 19.3. The van der Waals surface area contributed by atoms with Gasteiger partial charge in [0.1, 0.15) is 0 Å². The fourth-order valence-corrected chi connectivity index (χ4v) is 4.75. The summed E-state index contributed by atoms with van der Waals surface area (Å²) in [6.07, 6.45) is 5.90. The Labute approximate surface area is 186 Å². The van der Waals surface area contributed by atoms with Gasteiger partial charge in [-0.1, -0.05) is 11.6 Å². The molecule has 0 spiro atoms. The quantitative estimate of drug-likeness (QED) is 0.653. The molecule has 0 atom stereocenters. The summed E-state index contributed by atoms with van der Waals surface area (Å²) in [5, 5.41) is 9.30. The van der Waals surface area contributed by atoms with Gasteiger partial charge < -0.3 is 15.0 Å². The van der Waals surface area contributed by atoms with E-state index < -0.39 is 0 Å². The third-order valence-electron chi connectivity index (χ3n) is 6.56. The molecule has 1 aromatic carbocycles. The monoisotopic (exact) mass is 439 g/mol. The third kappa shape index (κ3) is 3.62. The average Bonchev–Trinajstić information content (AvgIpc) is 3.51. The topological polar surface area (TPSA) is 71.3 Å². The van der Waals surface area contributed by atoms with Crippen molar-refractivity contribution in [2.45, 2.75) is 31.8 Å². The number of aromatic nitrogens is 4. The molecule has 2 aromatic heterocycles. The van der Waals surface area contributed by atoms with E-state index in [1.54, 1.807) is 6.20 Å². The van der Waals surface area contributed by atoms with Gasteiger partial charge in [0.05, 0.1) is 42.7 Å². The van der Waals surface area contributed by atoms with Crippen LogP contribution in [0.5, 0.6) is 0 Å². The SMILES string of the molecule is Cc1cc2cnc(Nc3cnn(C4CC4)c3Cl)nc2cc1N1CCN(C2COC2)CC1. The zero-order valence-electron chi connectivity index (χ0n) is 17.6. The van der Waals surface area contributed by atoms with Gasteiger partial charge in [0.25, 0.3) is 0 Å². The Morgan fingerprint density at radius 3 is 2.58 bits per heavy atom. The van der Waals surface area contributed by atoms with Gasteiger partial charge in [-0.3, -0.25) is 4.90 Å². The maximum Gasteiger partial charge on any atom is 0.227 e. The summed E-state index contributed by atoms with van der Waals surface area (Å²) in [6, 6.07) is 5.41. The van der Waals surface area contributed by atoms with Crippen molar-refractivity contribution in [1.29, 1.82) is 0 Å². The van der Waals surface area contributed by atoms with Crippen molar-refractivity contribution in [3.05, 3.63) is 35.2 Å². The van der Waals surface area contributed by atoms with Crippen LogP contribution in [0.4, 0.5) is 17.3 Å². The number of nitrogens with one attached hydrogen (secondary N) is 1. The molecule has 3 aromatic rings. The lowest BCUT2D eigenvalue weighted by Gasteiger charge is -2.43. The second-order valence-corrected chi connectivity index (χ2v) is 9.11. The van der Waals surface area contributed by atoms with Crippen molar-refractivity contribution in [2.75, 3.05) is 49.6 Å². The average molecular weight is 440 g/mol. The van der Waals surface area contributed by atoms with Crippen molar-refractivity contribution >= 4 is 39.8 Å². The van der Waals surface area contributed by atoms with E-state index in [0.29, 0.717) is 23.2 Å². The summed E-state index contributed by atoms with van der Waals surface area (Å²) in [6.45, 7) is 8.12. The van der Waals surface area contributed by atoms with E-state index in [4.69, 9.17) is 21.3 Å². The Morgan fingerprint density at radius 2 is 1.87 bits per heavy atom. The zero-order valence-corrected chi connectivity index (χ0v) is 18.3. The fraction of sp³-hybridized carbons (Fsp3) is 0.500. The number of ether oxygens (including phenoxy) is 1. The maximum absolute atomic E-state index is 6.49. The highest BCUT2D eigenvalue weighted by molar-refractivity contribution is 6.32.